The van der Waals surface area contributed by atoms with Crippen LogP contribution in [-0.4, -0.2) is 22.5 Å². The van der Waals surface area contributed by atoms with Crippen molar-refractivity contribution in [3.05, 3.63) is 63.4 Å². The van der Waals surface area contributed by atoms with Crippen LogP contribution in [0, 0.1) is 0 Å². The lowest BCUT2D eigenvalue weighted by Gasteiger charge is -2.39. The molecule has 1 aromatic heterocycles. The van der Waals surface area contributed by atoms with Gasteiger partial charge in [0.15, 0.2) is 0 Å². The zero-order valence-corrected chi connectivity index (χ0v) is 15.3. The van der Waals surface area contributed by atoms with Crippen molar-refractivity contribution >= 4 is 29.1 Å². The Morgan fingerprint density at radius 3 is 2.81 bits per heavy atom. The van der Waals surface area contributed by atoms with Gasteiger partial charge >= 0.3 is 0 Å². The predicted octanol–water partition coefficient (Wildman–Crippen LogP) is 2.81. The van der Waals surface area contributed by atoms with Crippen LogP contribution in [-0.2, 0) is 22.6 Å². The largest absolute Gasteiger partial charge is 0.382 e. The van der Waals surface area contributed by atoms with Gasteiger partial charge in [0, 0.05) is 34.9 Å². The van der Waals surface area contributed by atoms with Crippen molar-refractivity contribution in [1.82, 2.24) is 10.3 Å². The van der Waals surface area contributed by atoms with Gasteiger partial charge in [-0.1, -0.05) is 35.3 Å². The second-order valence-corrected chi connectivity index (χ2v) is 7.20. The molecule has 1 aromatic carbocycles. The van der Waals surface area contributed by atoms with Gasteiger partial charge in [0.2, 0.25) is 5.67 Å². The van der Waals surface area contributed by atoms with E-state index in [0.717, 1.165) is 0 Å². The Bertz CT molecular complexity index is 851. The fourth-order valence-corrected chi connectivity index (χ4v) is 3.62. The number of fused-ring (bicyclic) bond motifs is 1. The minimum atomic E-state index is -2.30. The zero-order valence-electron chi connectivity index (χ0n) is 13.8. The predicted molar refractivity (Wildman–Crippen MR) is 97.5 cm³/mol. The summed E-state index contributed by atoms with van der Waals surface area (Å²) in [6, 6.07) is 7.84. The fourth-order valence-electron chi connectivity index (χ4n) is 3.14. The number of aliphatic hydroxyl groups is 1. The first-order valence-electron chi connectivity index (χ1n) is 8.10. The number of hydrogen-bond donors (Lipinski definition) is 3. The van der Waals surface area contributed by atoms with Crippen molar-refractivity contribution < 1.29 is 14.3 Å². The van der Waals surface area contributed by atoms with E-state index in [9.17, 15) is 9.90 Å². The number of alkyl halides is 1. The smallest absolute Gasteiger partial charge is 0.262 e. The second kappa shape index (κ2) is 7.12. The van der Waals surface area contributed by atoms with Crippen LogP contribution in [0.5, 0.6) is 0 Å². The van der Waals surface area contributed by atoms with Gasteiger partial charge in [0.25, 0.3) is 5.91 Å². The van der Waals surface area contributed by atoms with Crippen LogP contribution in [0.3, 0.4) is 0 Å². The summed E-state index contributed by atoms with van der Waals surface area (Å²) >= 11 is 11.9. The summed E-state index contributed by atoms with van der Waals surface area (Å²) in [5.74, 6) is -0.808. The molecule has 138 valence electrons. The number of halogens is 3. The average molecular weight is 398 g/mol. The monoisotopic (exact) mass is 397 g/mol. The molecule has 26 heavy (non-hydrogen) atoms. The lowest BCUT2D eigenvalue weighted by atomic mass is 9.74. The minimum absolute atomic E-state index is 0.000859. The van der Waals surface area contributed by atoms with Gasteiger partial charge in [-0.3, -0.25) is 9.78 Å². The second-order valence-electron chi connectivity index (χ2n) is 6.35. The normalized spacial score (nSPS) is 24.8. The fraction of sp³-hybridized carbons (Fsp3) is 0.333. The molecule has 0 bridgehead atoms. The van der Waals surface area contributed by atoms with E-state index in [-0.39, 0.29) is 37.2 Å². The Morgan fingerprint density at radius 2 is 2.12 bits per heavy atom. The van der Waals surface area contributed by atoms with Crippen LogP contribution in [0.25, 0.3) is 0 Å². The van der Waals surface area contributed by atoms with Crippen molar-refractivity contribution in [1.29, 1.82) is 0 Å². The van der Waals surface area contributed by atoms with E-state index in [1.165, 1.54) is 18.3 Å². The van der Waals surface area contributed by atoms with E-state index in [4.69, 9.17) is 28.9 Å². The van der Waals surface area contributed by atoms with Gasteiger partial charge < -0.3 is 16.2 Å². The molecule has 0 unspecified atom stereocenters. The average Bonchev–Trinajstić information content (AvgIpc) is 2.64. The van der Waals surface area contributed by atoms with E-state index >= 15 is 4.39 Å². The van der Waals surface area contributed by atoms with Crippen molar-refractivity contribution in [2.45, 2.75) is 30.7 Å². The zero-order chi connectivity index (χ0) is 18.9. The van der Waals surface area contributed by atoms with Gasteiger partial charge in [-0.05, 0) is 36.6 Å². The quantitative estimate of drug-likeness (QED) is 0.739. The molecule has 1 amide bonds. The number of nitrogens with zero attached hydrogens (tertiary/aromatic N) is 1. The van der Waals surface area contributed by atoms with Gasteiger partial charge in [0.1, 0.15) is 5.60 Å². The number of pyridine rings is 1. The van der Waals surface area contributed by atoms with Crippen molar-refractivity contribution in [3.8, 4) is 0 Å². The minimum Gasteiger partial charge on any atom is -0.382 e. The Labute approximate surface area is 160 Å². The first-order chi connectivity index (χ1) is 12.3. The van der Waals surface area contributed by atoms with Crippen LogP contribution < -0.4 is 11.1 Å². The van der Waals surface area contributed by atoms with E-state index in [0.29, 0.717) is 15.6 Å². The Morgan fingerprint density at radius 1 is 1.35 bits per heavy atom. The molecule has 1 heterocycles. The van der Waals surface area contributed by atoms with Crippen molar-refractivity contribution in [2.24, 2.45) is 5.73 Å². The molecule has 0 saturated heterocycles. The van der Waals surface area contributed by atoms with Crippen LogP contribution >= 0.6 is 23.2 Å². The number of carbonyl (C=O) groups is 1. The molecule has 8 heteroatoms. The van der Waals surface area contributed by atoms with Crippen LogP contribution in [0.1, 0.15) is 29.7 Å². The van der Waals surface area contributed by atoms with Gasteiger partial charge in [-0.2, -0.15) is 0 Å². The number of benzene rings is 1. The van der Waals surface area contributed by atoms with Crippen molar-refractivity contribution in [2.75, 3.05) is 6.54 Å². The Hall–Kier alpha value is -1.73. The number of carbonyl (C=O) groups excluding carboxylic acids is 1. The van der Waals surface area contributed by atoms with E-state index < -0.39 is 17.2 Å². The topological polar surface area (TPSA) is 88.2 Å². The number of nitrogens with one attached hydrogen (secondary N) is 1. The molecule has 0 fully saturated rings. The van der Waals surface area contributed by atoms with Gasteiger partial charge in [-0.15, -0.1) is 0 Å². The first kappa shape index (κ1) is 19.0. The molecule has 4 N–H and O–H groups in total. The standard InChI is InChI=1S/C18H18Cl2FN3O2/c19-12-4-3-11(14(20)8-12)9-24-16(25)18(21)6-5-17(26,10-22)15-13(18)2-1-7-23-15/h1-4,7-8,26H,5-6,9-10,22H2,(H,24,25)/t17-,18-/m0/s1. The summed E-state index contributed by atoms with van der Waals surface area (Å²) in [4.78, 5) is 16.7. The highest BCUT2D eigenvalue weighted by Crippen LogP contribution is 2.44. The number of rotatable bonds is 4. The first-order valence-corrected chi connectivity index (χ1v) is 8.85. The number of aromatic nitrogens is 1. The SMILES string of the molecule is NC[C@@]1(O)CC[C@@](F)(C(=O)NCc2ccc(Cl)cc2Cl)c2cccnc21. The summed E-state index contributed by atoms with van der Waals surface area (Å²) in [5.41, 5.74) is 2.67. The summed E-state index contributed by atoms with van der Waals surface area (Å²) in [6.07, 6.45) is 1.25. The molecule has 5 nitrogen and oxygen atoms in total. The highest BCUT2D eigenvalue weighted by Gasteiger charge is 2.51. The molecule has 0 aliphatic heterocycles. The third-order valence-electron chi connectivity index (χ3n) is 4.71. The molecule has 0 radical (unpaired) electrons. The van der Waals surface area contributed by atoms with Crippen molar-refractivity contribution in [3.63, 3.8) is 0 Å². The lowest BCUT2D eigenvalue weighted by Crippen LogP contribution is -2.50. The van der Waals surface area contributed by atoms with Crippen LogP contribution in [0.2, 0.25) is 10.0 Å². The highest BCUT2D eigenvalue weighted by molar-refractivity contribution is 6.35. The molecular formula is C18H18Cl2FN3O2. The Kier molecular flexibility index (Phi) is 5.21. The number of nitrogens with two attached hydrogens (primary N) is 1. The summed E-state index contributed by atoms with van der Waals surface area (Å²) in [6.45, 7) is -0.0493. The Balaban J connectivity index is 1.85. The number of amides is 1. The third-order valence-corrected chi connectivity index (χ3v) is 5.30. The molecule has 0 saturated carbocycles. The highest BCUT2D eigenvalue weighted by atomic mass is 35.5. The maximum Gasteiger partial charge on any atom is 0.262 e. The van der Waals surface area contributed by atoms with Crippen LogP contribution in [0.15, 0.2) is 36.5 Å². The molecule has 2 aromatic rings. The summed E-state index contributed by atoms with van der Waals surface area (Å²) in [5, 5.41) is 14.0. The lowest BCUT2D eigenvalue weighted by molar-refractivity contribution is -0.137. The van der Waals surface area contributed by atoms with E-state index in [2.05, 4.69) is 10.3 Å². The van der Waals surface area contributed by atoms with E-state index in [1.807, 2.05) is 0 Å². The maximum atomic E-state index is 15.6. The molecular weight excluding hydrogens is 380 g/mol. The molecule has 3 rings (SSSR count). The summed E-state index contributed by atoms with van der Waals surface area (Å²) < 4.78 is 15.6. The maximum absolute atomic E-state index is 15.6. The molecule has 0 spiro atoms. The molecule has 1 aliphatic rings. The third kappa shape index (κ3) is 3.30. The molecule has 2 atom stereocenters. The van der Waals surface area contributed by atoms with Gasteiger partial charge in [-0.25, -0.2) is 4.39 Å². The summed E-state index contributed by atoms with van der Waals surface area (Å²) in [7, 11) is 0. The molecule has 1 aliphatic carbocycles. The van der Waals surface area contributed by atoms with E-state index in [1.54, 1.807) is 18.2 Å². The van der Waals surface area contributed by atoms with Crippen LogP contribution in [0.4, 0.5) is 4.39 Å². The number of hydrogen-bond acceptors (Lipinski definition) is 4. The van der Waals surface area contributed by atoms with Gasteiger partial charge in [0.05, 0.1) is 5.69 Å².